The van der Waals surface area contributed by atoms with Crippen molar-refractivity contribution in [1.29, 1.82) is 0 Å². The van der Waals surface area contributed by atoms with Gasteiger partial charge < -0.3 is 14.8 Å². The second-order valence-corrected chi connectivity index (χ2v) is 7.19. The number of piperidine rings is 1. The van der Waals surface area contributed by atoms with Crippen molar-refractivity contribution in [2.75, 3.05) is 19.6 Å². The van der Waals surface area contributed by atoms with Crippen LogP contribution in [0.25, 0.3) is 0 Å². The van der Waals surface area contributed by atoms with Crippen molar-refractivity contribution < 1.29 is 0 Å². The third kappa shape index (κ3) is 5.91. The van der Waals surface area contributed by atoms with Gasteiger partial charge in [-0.1, -0.05) is 13.8 Å². The monoisotopic (exact) mass is 486 g/mol. The van der Waals surface area contributed by atoms with Crippen molar-refractivity contribution >= 4 is 29.9 Å². The average Bonchev–Trinajstić information content (AvgIpc) is 3.30. The molecule has 0 aromatic carbocycles. The molecule has 2 aromatic rings. The maximum atomic E-state index is 4.85. The van der Waals surface area contributed by atoms with Gasteiger partial charge in [-0.2, -0.15) is 5.10 Å². The third-order valence-electron chi connectivity index (χ3n) is 4.68. The van der Waals surface area contributed by atoms with Gasteiger partial charge in [0.1, 0.15) is 24.5 Å². The van der Waals surface area contributed by atoms with Crippen molar-refractivity contribution in [2.24, 2.45) is 10.9 Å². The van der Waals surface area contributed by atoms with Crippen molar-refractivity contribution in [3.8, 4) is 0 Å². The van der Waals surface area contributed by atoms with Crippen LogP contribution < -0.4 is 5.32 Å². The van der Waals surface area contributed by atoms with Crippen LogP contribution in [-0.4, -0.2) is 55.2 Å². The normalized spacial score (nSPS) is 15.9. The molecule has 9 heteroatoms. The highest BCUT2D eigenvalue weighted by molar-refractivity contribution is 14.0. The standard InChI is InChI=1S/C18H30N8.HI/c1-4-19-18(21-11-16-20-7-10-26(16)12-14(2)3)25-8-5-15(6-9-25)17-22-13-23-24-17;/h7,10,13-15H,4-6,8-9,11-12H2,1-3H3,(H,19,21)(H,22,23,24);1H. The van der Waals surface area contributed by atoms with Gasteiger partial charge in [-0.15, -0.1) is 24.0 Å². The number of rotatable bonds is 6. The number of likely N-dealkylation sites (tertiary alicyclic amines) is 1. The molecule has 1 aliphatic heterocycles. The second kappa shape index (κ2) is 10.6. The number of hydrogen-bond acceptors (Lipinski definition) is 4. The fourth-order valence-electron chi connectivity index (χ4n) is 3.40. The summed E-state index contributed by atoms with van der Waals surface area (Å²) in [5.74, 6) is 4.05. The number of nitrogens with one attached hydrogen (secondary N) is 2. The second-order valence-electron chi connectivity index (χ2n) is 7.19. The molecule has 1 saturated heterocycles. The summed E-state index contributed by atoms with van der Waals surface area (Å²) in [6.07, 6.45) is 7.61. The molecule has 0 unspecified atom stereocenters. The molecule has 2 N–H and O–H groups in total. The first-order valence-corrected chi connectivity index (χ1v) is 9.56. The lowest BCUT2D eigenvalue weighted by Gasteiger charge is -2.33. The van der Waals surface area contributed by atoms with E-state index in [1.807, 2.05) is 12.4 Å². The van der Waals surface area contributed by atoms with Crippen molar-refractivity contribution in [2.45, 2.75) is 52.6 Å². The number of aromatic amines is 1. The summed E-state index contributed by atoms with van der Waals surface area (Å²) >= 11 is 0. The van der Waals surface area contributed by atoms with E-state index < -0.39 is 0 Å². The molecule has 150 valence electrons. The summed E-state index contributed by atoms with van der Waals surface area (Å²) in [6, 6.07) is 0. The molecule has 1 aliphatic rings. The van der Waals surface area contributed by atoms with Crippen LogP contribution in [0.4, 0.5) is 0 Å². The van der Waals surface area contributed by atoms with Crippen molar-refractivity contribution in [3.05, 3.63) is 30.4 Å². The van der Waals surface area contributed by atoms with Crippen LogP contribution in [0.3, 0.4) is 0 Å². The summed E-state index contributed by atoms with van der Waals surface area (Å²) in [5.41, 5.74) is 0. The van der Waals surface area contributed by atoms with Gasteiger partial charge in [0, 0.05) is 44.5 Å². The Morgan fingerprint density at radius 3 is 2.74 bits per heavy atom. The van der Waals surface area contributed by atoms with Gasteiger partial charge in [0.25, 0.3) is 0 Å². The number of aromatic nitrogens is 5. The van der Waals surface area contributed by atoms with Gasteiger partial charge in [-0.05, 0) is 25.7 Å². The van der Waals surface area contributed by atoms with Crippen LogP contribution >= 0.6 is 24.0 Å². The van der Waals surface area contributed by atoms with Crippen LogP contribution in [0, 0.1) is 5.92 Å². The Morgan fingerprint density at radius 1 is 1.33 bits per heavy atom. The van der Waals surface area contributed by atoms with E-state index in [0.29, 0.717) is 18.4 Å². The lowest BCUT2D eigenvalue weighted by atomic mass is 9.96. The number of nitrogens with zero attached hydrogens (tertiary/aromatic N) is 6. The molecule has 3 rings (SSSR count). The third-order valence-corrected chi connectivity index (χ3v) is 4.68. The Morgan fingerprint density at radius 2 is 2.11 bits per heavy atom. The molecule has 0 radical (unpaired) electrons. The van der Waals surface area contributed by atoms with E-state index in [1.165, 1.54) is 0 Å². The van der Waals surface area contributed by atoms with Crippen molar-refractivity contribution in [1.82, 2.24) is 34.9 Å². The summed E-state index contributed by atoms with van der Waals surface area (Å²) in [5, 5.41) is 10.4. The Kier molecular flexibility index (Phi) is 8.52. The predicted molar refractivity (Wildman–Crippen MR) is 117 cm³/mol. The van der Waals surface area contributed by atoms with Crippen molar-refractivity contribution in [3.63, 3.8) is 0 Å². The van der Waals surface area contributed by atoms with E-state index in [9.17, 15) is 0 Å². The zero-order valence-corrected chi connectivity index (χ0v) is 18.8. The van der Waals surface area contributed by atoms with Gasteiger partial charge in [-0.3, -0.25) is 5.10 Å². The quantitative estimate of drug-likeness (QED) is 0.373. The minimum Gasteiger partial charge on any atom is -0.357 e. The van der Waals surface area contributed by atoms with E-state index in [4.69, 9.17) is 4.99 Å². The Labute approximate surface area is 178 Å². The van der Waals surface area contributed by atoms with Crippen LogP contribution in [0.2, 0.25) is 0 Å². The number of aliphatic imine (C=N–C) groups is 1. The lowest BCUT2D eigenvalue weighted by molar-refractivity contribution is 0.298. The summed E-state index contributed by atoms with van der Waals surface area (Å²) < 4.78 is 2.20. The van der Waals surface area contributed by atoms with E-state index in [0.717, 1.165) is 56.6 Å². The highest BCUT2D eigenvalue weighted by Crippen LogP contribution is 2.25. The minimum atomic E-state index is 0. The van der Waals surface area contributed by atoms with E-state index in [-0.39, 0.29) is 24.0 Å². The fraction of sp³-hybridized carbons (Fsp3) is 0.667. The highest BCUT2D eigenvalue weighted by Gasteiger charge is 2.24. The average molecular weight is 486 g/mol. The number of H-pyrrole nitrogens is 1. The molecule has 1 fully saturated rings. The largest absolute Gasteiger partial charge is 0.357 e. The summed E-state index contributed by atoms with van der Waals surface area (Å²) in [7, 11) is 0. The van der Waals surface area contributed by atoms with E-state index >= 15 is 0 Å². The van der Waals surface area contributed by atoms with Gasteiger partial charge in [0.2, 0.25) is 0 Å². The molecular weight excluding hydrogens is 455 g/mol. The Balaban J connectivity index is 0.00000261. The molecule has 0 aliphatic carbocycles. The summed E-state index contributed by atoms with van der Waals surface area (Å²) in [6.45, 7) is 10.9. The van der Waals surface area contributed by atoms with Gasteiger partial charge in [0.15, 0.2) is 5.96 Å². The van der Waals surface area contributed by atoms with Gasteiger partial charge in [0.05, 0.1) is 0 Å². The topological polar surface area (TPSA) is 87.0 Å². The minimum absolute atomic E-state index is 0. The summed E-state index contributed by atoms with van der Waals surface area (Å²) in [4.78, 5) is 16.0. The molecule has 0 amide bonds. The molecule has 0 atom stereocenters. The maximum absolute atomic E-state index is 4.85. The fourth-order valence-corrected chi connectivity index (χ4v) is 3.40. The van der Waals surface area contributed by atoms with Gasteiger partial charge >= 0.3 is 0 Å². The van der Waals surface area contributed by atoms with Crippen LogP contribution in [0.15, 0.2) is 23.7 Å². The zero-order valence-electron chi connectivity index (χ0n) is 16.4. The smallest absolute Gasteiger partial charge is 0.194 e. The molecular formula is C18H31IN8. The Bertz CT molecular complexity index is 686. The first kappa shape index (κ1) is 21.6. The SMILES string of the molecule is CCNC(=NCc1nccn1CC(C)C)N1CCC(c2ncn[nH]2)CC1.I. The molecule has 27 heavy (non-hydrogen) atoms. The van der Waals surface area contributed by atoms with E-state index in [2.05, 4.69) is 55.7 Å². The predicted octanol–water partition coefficient (Wildman–Crippen LogP) is 2.62. The lowest BCUT2D eigenvalue weighted by Crippen LogP contribution is -2.45. The maximum Gasteiger partial charge on any atom is 0.194 e. The molecule has 0 spiro atoms. The zero-order chi connectivity index (χ0) is 18.4. The van der Waals surface area contributed by atoms with Crippen LogP contribution in [0.5, 0.6) is 0 Å². The number of imidazole rings is 1. The number of guanidine groups is 1. The van der Waals surface area contributed by atoms with Gasteiger partial charge in [-0.25, -0.2) is 15.0 Å². The Hall–Kier alpha value is -1.65. The molecule has 0 bridgehead atoms. The molecule has 3 heterocycles. The van der Waals surface area contributed by atoms with Crippen LogP contribution in [0.1, 0.15) is 51.2 Å². The first-order valence-electron chi connectivity index (χ1n) is 9.56. The molecule has 2 aromatic heterocycles. The number of halogens is 1. The number of hydrogen-bond donors (Lipinski definition) is 2. The molecule has 8 nitrogen and oxygen atoms in total. The van der Waals surface area contributed by atoms with E-state index in [1.54, 1.807) is 6.33 Å². The highest BCUT2D eigenvalue weighted by atomic mass is 127. The van der Waals surface area contributed by atoms with Crippen LogP contribution in [-0.2, 0) is 13.1 Å². The first-order chi connectivity index (χ1) is 12.7. The molecule has 0 saturated carbocycles.